The molecule has 5 heteroatoms. The van der Waals surface area contributed by atoms with Crippen LogP contribution in [0.15, 0.2) is 36.4 Å². The van der Waals surface area contributed by atoms with Gasteiger partial charge in [-0.3, -0.25) is 0 Å². The molecule has 0 saturated carbocycles. The number of esters is 1. The van der Waals surface area contributed by atoms with Crippen molar-refractivity contribution in [2.75, 3.05) is 7.11 Å². The smallest absolute Gasteiger partial charge is 0.465 e. The largest absolute Gasteiger partial charge is 0.495 e. The van der Waals surface area contributed by atoms with E-state index in [1.165, 1.54) is 7.11 Å². The van der Waals surface area contributed by atoms with Crippen LogP contribution in [0.5, 0.6) is 0 Å². The molecule has 0 bridgehead atoms. The maximum Gasteiger partial charge on any atom is 0.495 e. The Hall–Kier alpha value is -1.85. The fourth-order valence-corrected chi connectivity index (χ4v) is 2.71. The fourth-order valence-electron chi connectivity index (χ4n) is 2.71. The van der Waals surface area contributed by atoms with Gasteiger partial charge in [0.15, 0.2) is 0 Å². The van der Waals surface area contributed by atoms with E-state index < -0.39 is 18.3 Å². The minimum atomic E-state index is -0.598. The summed E-state index contributed by atoms with van der Waals surface area (Å²) in [5, 5.41) is 2.01. The number of hydrogen-bond acceptors (Lipinski definition) is 4. The molecule has 0 atom stereocenters. The van der Waals surface area contributed by atoms with Crippen molar-refractivity contribution < 1.29 is 18.8 Å². The standard InChI is InChI=1S/C18H21BO4/c1-17(2)18(3,4)23-19(22-17)15-11-13-9-7-6-8-12(13)10-14(15)16(20)21-5/h6-11H,1-5H3. The quantitative estimate of drug-likeness (QED) is 0.632. The van der Waals surface area contributed by atoms with Crippen LogP contribution in [0, 0.1) is 0 Å². The number of carbonyl (C=O) groups excluding carboxylic acids is 1. The number of hydrogen-bond donors (Lipinski definition) is 0. The highest BCUT2D eigenvalue weighted by Crippen LogP contribution is 2.37. The fraction of sp³-hybridized carbons (Fsp3) is 0.389. The lowest BCUT2D eigenvalue weighted by atomic mass is 9.75. The van der Waals surface area contributed by atoms with Gasteiger partial charge >= 0.3 is 13.1 Å². The molecule has 3 rings (SSSR count). The summed E-state index contributed by atoms with van der Waals surface area (Å²) in [6.45, 7) is 7.97. The zero-order valence-electron chi connectivity index (χ0n) is 14.2. The van der Waals surface area contributed by atoms with E-state index >= 15 is 0 Å². The molecule has 0 spiro atoms. The van der Waals surface area contributed by atoms with Crippen LogP contribution < -0.4 is 5.46 Å². The summed E-state index contributed by atoms with van der Waals surface area (Å²) in [5.41, 5.74) is 0.256. The van der Waals surface area contributed by atoms with Crippen LogP contribution in [0.25, 0.3) is 10.8 Å². The van der Waals surface area contributed by atoms with Crippen LogP contribution in [0.1, 0.15) is 38.1 Å². The van der Waals surface area contributed by atoms with Crippen LogP contribution in [-0.4, -0.2) is 31.4 Å². The highest BCUT2D eigenvalue weighted by molar-refractivity contribution is 6.64. The second-order valence-corrected chi connectivity index (χ2v) is 6.87. The van der Waals surface area contributed by atoms with Gasteiger partial charge in [-0.15, -0.1) is 0 Å². The highest BCUT2D eigenvalue weighted by Gasteiger charge is 2.52. The summed E-state index contributed by atoms with van der Waals surface area (Å²) >= 11 is 0. The lowest BCUT2D eigenvalue weighted by Crippen LogP contribution is -2.41. The van der Waals surface area contributed by atoms with Gasteiger partial charge in [-0.1, -0.05) is 30.3 Å². The van der Waals surface area contributed by atoms with Gasteiger partial charge in [0.05, 0.1) is 23.9 Å². The summed E-state index contributed by atoms with van der Waals surface area (Å²) in [4.78, 5) is 12.2. The third-order valence-corrected chi connectivity index (χ3v) is 4.83. The normalized spacial score (nSPS) is 19.1. The first kappa shape index (κ1) is 16.0. The molecule has 1 fully saturated rings. The van der Waals surface area contributed by atoms with Crippen LogP contribution >= 0.6 is 0 Å². The lowest BCUT2D eigenvalue weighted by molar-refractivity contribution is 0.00578. The molecular formula is C18H21BO4. The predicted octanol–water partition coefficient (Wildman–Crippen LogP) is 2.93. The monoisotopic (exact) mass is 312 g/mol. The maximum absolute atomic E-state index is 12.2. The number of rotatable bonds is 2. The third kappa shape index (κ3) is 2.64. The highest BCUT2D eigenvalue weighted by atomic mass is 16.7. The number of methoxy groups -OCH3 is 1. The van der Waals surface area contributed by atoms with E-state index in [4.69, 9.17) is 14.0 Å². The second kappa shape index (κ2) is 5.36. The molecule has 0 amide bonds. The zero-order chi connectivity index (χ0) is 16.8. The molecule has 2 aromatic rings. The van der Waals surface area contributed by atoms with Gasteiger partial charge < -0.3 is 14.0 Å². The van der Waals surface area contributed by atoms with E-state index in [1.807, 2.05) is 64.1 Å². The molecule has 1 heterocycles. The summed E-state index contributed by atoms with van der Waals surface area (Å²) in [5.74, 6) is -0.388. The molecule has 1 saturated heterocycles. The summed E-state index contributed by atoms with van der Waals surface area (Å²) < 4.78 is 17.1. The Morgan fingerprint density at radius 2 is 1.52 bits per heavy atom. The van der Waals surface area contributed by atoms with E-state index in [0.29, 0.717) is 11.0 Å². The Morgan fingerprint density at radius 3 is 2.04 bits per heavy atom. The first-order chi connectivity index (χ1) is 10.7. The predicted molar refractivity (Wildman–Crippen MR) is 91.0 cm³/mol. The number of benzene rings is 2. The molecule has 1 aliphatic rings. The molecule has 1 aliphatic heterocycles. The Morgan fingerprint density at radius 1 is 1.00 bits per heavy atom. The molecule has 0 N–H and O–H groups in total. The van der Waals surface area contributed by atoms with Gasteiger partial charge in [0.2, 0.25) is 0 Å². The molecular weight excluding hydrogens is 291 g/mol. The van der Waals surface area contributed by atoms with Gasteiger partial charge in [0, 0.05) is 0 Å². The van der Waals surface area contributed by atoms with Crippen molar-refractivity contribution in [2.24, 2.45) is 0 Å². The number of carbonyl (C=O) groups is 1. The Labute approximate surface area is 136 Å². The average Bonchev–Trinajstić information content (AvgIpc) is 2.73. The van der Waals surface area contributed by atoms with Crippen molar-refractivity contribution in [3.8, 4) is 0 Å². The van der Waals surface area contributed by atoms with Crippen LogP contribution in [-0.2, 0) is 14.0 Å². The van der Waals surface area contributed by atoms with Gasteiger partial charge in [-0.2, -0.15) is 0 Å². The van der Waals surface area contributed by atoms with Crippen LogP contribution in [0.2, 0.25) is 0 Å². The molecule has 0 aromatic heterocycles. The average molecular weight is 312 g/mol. The van der Waals surface area contributed by atoms with Crippen molar-refractivity contribution in [3.05, 3.63) is 42.0 Å². The van der Waals surface area contributed by atoms with Gasteiger partial charge in [-0.25, -0.2) is 4.79 Å². The topological polar surface area (TPSA) is 44.8 Å². The van der Waals surface area contributed by atoms with Gasteiger partial charge in [-0.05, 0) is 50.0 Å². The Bertz CT molecular complexity index is 751. The van der Waals surface area contributed by atoms with E-state index in [0.717, 1.165) is 10.8 Å². The first-order valence-corrected chi connectivity index (χ1v) is 7.72. The third-order valence-electron chi connectivity index (χ3n) is 4.83. The Kier molecular flexibility index (Phi) is 3.73. The van der Waals surface area contributed by atoms with E-state index in [1.54, 1.807) is 0 Å². The summed E-state index contributed by atoms with van der Waals surface area (Å²) in [6, 6.07) is 11.7. The molecule has 0 unspecified atom stereocenters. The van der Waals surface area contributed by atoms with E-state index in [9.17, 15) is 4.79 Å². The molecule has 4 nitrogen and oxygen atoms in total. The first-order valence-electron chi connectivity index (χ1n) is 7.72. The van der Waals surface area contributed by atoms with Crippen molar-refractivity contribution in [3.63, 3.8) is 0 Å². The van der Waals surface area contributed by atoms with Crippen LogP contribution in [0.4, 0.5) is 0 Å². The number of ether oxygens (including phenoxy) is 1. The minimum absolute atomic E-state index is 0.388. The van der Waals surface area contributed by atoms with Crippen LogP contribution in [0.3, 0.4) is 0 Å². The van der Waals surface area contributed by atoms with Crippen molar-refractivity contribution in [2.45, 2.75) is 38.9 Å². The van der Waals surface area contributed by atoms with Gasteiger partial charge in [0.25, 0.3) is 0 Å². The second-order valence-electron chi connectivity index (χ2n) is 6.87. The molecule has 2 aromatic carbocycles. The number of fused-ring (bicyclic) bond motifs is 1. The van der Waals surface area contributed by atoms with Crippen molar-refractivity contribution >= 4 is 29.3 Å². The molecule has 120 valence electrons. The van der Waals surface area contributed by atoms with E-state index in [-0.39, 0.29) is 5.97 Å². The van der Waals surface area contributed by atoms with Crippen molar-refractivity contribution in [1.82, 2.24) is 0 Å². The lowest BCUT2D eigenvalue weighted by Gasteiger charge is -2.32. The summed E-state index contributed by atoms with van der Waals surface area (Å²) in [7, 11) is 0.782. The molecule has 0 radical (unpaired) electrons. The van der Waals surface area contributed by atoms with Crippen molar-refractivity contribution in [1.29, 1.82) is 0 Å². The summed E-state index contributed by atoms with van der Waals surface area (Å²) in [6.07, 6.45) is 0. The Balaban J connectivity index is 2.14. The van der Waals surface area contributed by atoms with Gasteiger partial charge in [0.1, 0.15) is 0 Å². The molecule has 23 heavy (non-hydrogen) atoms. The zero-order valence-corrected chi connectivity index (χ0v) is 14.2. The SMILES string of the molecule is COC(=O)c1cc2ccccc2cc1B1OC(C)(C)C(C)(C)O1. The maximum atomic E-state index is 12.2. The van der Waals surface area contributed by atoms with E-state index in [2.05, 4.69) is 0 Å². The minimum Gasteiger partial charge on any atom is -0.465 e. The molecule has 0 aliphatic carbocycles.